The van der Waals surface area contributed by atoms with Crippen LogP contribution < -0.4 is 9.47 Å². The Kier molecular flexibility index (Phi) is 7.73. The molecule has 5 nitrogen and oxygen atoms in total. The lowest BCUT2D eigenvalue weighted by Gasteiger charge is -2.13. The molecule has 2 rings (SSSR count). The number of rotatable bonds is 8. The van der Waals surface area contributed by atoms with Crippen molar-refractivity contribution in [3.63, 3.8) is 0 Å². The molecule has 31 heavy (non-hydrogen) atoms. The average molecular weight is 447 g/mol. The Morgan fingerprint density at radius 3 is 2.45 bits per heavy atom. The van der Waals surface area contributed by atoms with E-state index in [1.807, 2.05) is 13.8 Å². The standard InChI is InChI=1S/C21H20F4O5.CH4/c1-3-13(4-2)12-28-20(27)17-10-9-16(11-18(17)22)29-19(26)14-5-7-15(8-6-14)30-21(23,24)25;/h5-11,13H,3-4,12H2,1-2H3;1H4/i5D,7H,11T;. The molecule has 2 aromatic carbocycles. The molecule has 0 radical (unpaired) electrons. The van der Waals surface area contributed by atoms with Gasteiger partial charge in [0.2, 0.25) is 0 Å². The number of esters is 2. The van der Waals surface area contributed by atoms with E-state index < -0.39 is 64.9 Å². The summed E-state index contributed by atoms with van der Waals surface area (Å²) < 4.78 is 88.2. The molecule has 0 saturated heterocycles. The van der Waals surface area contributed by atoms with Gasteiger partial charge in [-0.3, -0.25) is 0 Å². The zero-order valence-corrected chi connectivity index (χ0v) is 16.1. The number of carbonyl (C=O) groups excluding carboxylic acids is 2. The number of hydrogen-bond acceptors (Lipinski definition) is 5. The first-order valence-corrected chi connectivity index (χ1v) is 8.93. The normalized spacial score (nSPS) is 12.3. The van der Waals surface area contributed by atoms with E-state index in [0.29, 0.717) is 6.07 Å². The summed E-state index contributed by atoms with van der Waals surface area (Å²) in [5.74, 6) is -5.09. The summed E-state index contributed by atoms with van der Waals surface area (Å²) in [5.41, 5.74) is -1.14. The SMILES string of the molecule is C.[1H]c1c(OC(F)(F)F)ccc(C(=O)Oc2ccc(C(=O)OCC(CC)CC)c(F)c2[3H])c1[2H]. The number of hydrogen-bond donors (Lipinski definition) is 0. The molecule has 170 valence electrons. The Morgan fingerprint density at radius 1 is 1.19 bits per heavy atom. The topological polar surface area (TPSA) is 61.8 Å². The van der Waals surface area contributed by atoms with E-state index in [0.717, 1.165) is 31.0 Å². The number of ether oxygens (including phenoxy) is 3. The molecular formula is C22H24F4O5. The summed E-state index contributed by atoms with van der Waals surface area (Å²) in [6.07, 6.45) is -3.59. The third-order valence-corrected chi connectivity index (χ3v) is 4.07. The van der Waals surface area contributed by atoms with Crippen LogP contribution in [0.15, 0.2) is 42.4 Å². The third kappa shape index (κ3) is 7.92. The van der Waals surface area contributed by atoms with Crippen molar-refractivity contribution in [2.24, 2.45) is 5.92 Å². The van der Waals surface area contributed by atoms with Gasteiger partial charge in [-0.15, -0.1) is 13.2 Å². The van der Waals surface area contributed by atoms with E-state index in [4.69, 9.17) is 13.6 Å². The van der Waals surface area contributed by atoms with E-state index in [2.05, 4.69) is 4.74 Å². The highest BCUT2D eigenvalue weighted by molar-refractivity contribution is 5.92. The summed E-state index contributed by atoms with van der Waals surface area (Å²) in [6, 6.07) is 0.491. The van der Waals surface area contributed by atoms with Crippen LogP contribution in [0.2, 0.25) is 0 Å². The quantitative estimate of drug-likeness (QED) is 0.275. The predicted molar refractivity (Wildman–Crippen MR) is 106 cm³/mol. The van der Waals surface area contributed by atoms with Crippen LogP contribution in [0.25, 0.3) is 0 Å². The van der Waals surface area contributed by atoms with Crippen molar-refractivity contribution in [3.8, 4) is 11.5 Å². The van der Waals surface area contributed by atoms with Crippen LogP contribution in [0.4, 0.5) is 17.6 Å². The van der Waals surface area contributed by atoms with Crippen molar-refractivity contribution < 1.29 is 45.5 Å². The van der Waals surface area contributed by atoms with Crippen molar-refractivity contribution in [3.05, 3.63) is 59.3 Å². The zero-order chi connectivity index (χ0) is 24.9. The molecule has 0 spiro atoms. The highest BCUT2D eigenvalue weighted by Gasteiger charge is 2.31. The second kappa shape index (κ2) is 11.3. The first-order chi connectivity index (χ1) is 15.4. The molecule has 9 heteroatoms. The van der Waals surface area contributed by atoms with Gasteiger partial charge in [-0.1, -0.05) is 34.1 Å². The first kappa shape index (κ1) is 21.1. The maximum atomic E-state index is 14.5. The predicted octanol–water partition coefficient (Wildman–Crippen LogP) is 6.17. The third-order valence-electron chi connectivity index (χ3n) is 4.07. The van der Waals surface area contributed by atoms with Crippen LogP contribution in [0, 0.1) is 11.7 Å². The molecule has 0 heterocycles. The summed E-state index contributed by atoms with van der Waals surface area (Å²) >= 11 is 0. The molecule has 0 aliphatic rings. The number of carbonyl (C=O) groups is 2. The van der Waals surface area contributed by atoms with Gasteiger partial charge in [-0.25, -0.2) is 14.0 Å². The van der Waals surface area contributed by atoms with Crippen molar-refractivity contribution >= 4 is 11.9 Å². The molecule has 0 N–H and O–H groups in total. The van der Waals surface area contributed by atoms with E-state index in [1.165, 1.54) is 0 Å². The second-order valence-electron chi connectivity index (χ2n) is 6.13. The summed E-state index contributed by atoms with van der Waals surface area (Å²) in [7, 11) is 0. The first-order valence-electron chi connectivity index (χ1n) is 10.4. The van der Waals surface area contributed by atoms with Gasteiger partial charge < -0.3 is 14.2 Å². The van der Waals surface area contributed by atoms with Crippen LogP contribution in [-0.4, -0.2) is 24.9 Å². The molecule has 0 unspecified atom stereocenters. The van der Waals surface area contributed by atoms with Gasteiger partial charge in [0.15, 0.2) is 0 Å². The largest absolute Gasteiger partial charge is 0.573 e. The van der Waals surface area contributed by atoms with Gasteiger partial charge >= 0.3 is 18.3 Å². The summed E-state index contributed by atoms with van der Waals surface area (Å²) in [6.45, 7) is 3.90. The van der Waals surface area contributed by atoms with Crippen LogP contribution >= 0.6 is 0 Å². The maximum Gasteiger partial charge on any atom is 0.573 e. The van der Waals surface area contributed by atoms with Gasteiger partial charge in [0.25, 0.3) is 0 Å². The molecule has 0 aliphatic carbocycles. The molecule has 0 amide bonds. The van der Waals surface area contributed by atoms with Crippen LogP contribution in [0.1, 0.15) is 58.9 Å². The summed E-state index contributed by atoms with van der Waals surface area (Å²) in [5, 5.41) is 0. The van der Waals surface area contributed by atoms with Crippen molar-refractivity contribution in [1.29, 1.82) is 0 Å². The Balaban J connectivity index is 0.00000578. The van der Waals surface area contributed by atoms with E-state index in [1.54, 1.807) is 0 Å². The smallest absolute Gasteiger partial charge is 0.462 e. The van der Waals surface area contributed by atoms with Crippen molar-refractivity contribution in [2.45, 2.75) is 40.5 Å². The van der Waals surface area contributed by atoms with Gasteiger partial charge in [-0.2, -0.15) is 0 Å². The second-order valence-corrected chi connectivity index (χ2v) is 6.13. The van der Waals surface area contributed by atoms with Gasteiger partial charge in [0, 0.05) is 6.04 Å². The Labute approximate surface area is 182 Å². The van der Waals surface area contributed by atoms with Gasteiger partial charge in [0.1, 0.15) is 17.3 Å². The Hall–Kier alpha value is -3.10. The van der Waals surface area contributed by atoms with Crippen LogP contribution in [0.5, 0.6) is 11.5 Å². The fourth-order valence-electron chi connectivity index (χ4n) is 2.29. The zero-order valence-electron chi connectivity index (χ0n) is 19.1. The fourth-order valence-corrected chi connectivity index (χ4v) is 2.29. The van der Waals surface area contributed by atoms with Crippen LogP contribution in [-0.2, 0) is 4.74 Å². The molecule has 0 aromatic heterocycles. The Bertz CT molecular complexity index is 1040. The number of alkyl halides is 3. The molecule has 0 saturated carbocycles. The molecule has 0 atom stereocenters. The highest BCUT2D eigenvalue weighted by atomic mass is 19.4. The van der Waals surface area contributed by atoms with E-state index >= 15 is 0 Å². The van der Waals surface area contributed by atoms with Crippen LogP contribution in [0.3, 0.4) is 0 Å². The lowest BCUT2D eigenvalue weighted by molar-refractivity contribution is -0.274. The van der Waals surface area contributed by atoms with Gasteiger partial charge in [0.05, 0.1) is 21.8 Å². The number of halogens is 4. The fraction of sp³-hybridized carbons (Fsp3) is 0.364. The monoisotopic (exact) mass is 447 g/mol. The molecule has 2 aromatic rings. The maximum absolute atomic E-state index is 14.5. The molecule has 0 fully saturated rings. The lowest BCUT2D eigenvalue weighted by atomic mass is 10.1. The van der Waals surface area contributed by atoms with Crippen molar-refractivity contribution in [1.82, 2.24) is 0 Å². The Morgan fingerprint density at radius 2 is 1.84 bits per heavy atom. The van der Waals surface area contributed by atoms with E-state index in [9.17, 15) is 27.2 Å². The molecular weight excluding hydrogens is 420 g/mol. The average Bonchev–Trinajstić information content (AvgIpc) is 2.74. The van der Waals surface area contributed by atoms with E-state index in [-0.39, 0.29) is 20.0 Å². The minimum atomic E-state index is -5.10. The number of benzene rings is 2. The highest BCUT2D eigenvalue weighted by Crippen LogP contribution is 2.24. The minimum absolute atomic E-state index is 0. The minimum Gasteiger partial charge on any atom is -0.462 e. The lowest BCUT2D eigenvalue weighted by Crippen LogP contribution is -2.17. The molecule has 0 bridgehead atoms. The van der Waals surface area contributed by atoms with Crippen molar-refractivity contribution in [2.75, 3.05) is 6.61 Å². The van der Waals surface area contributed by atoms with Gasteiger partial charge in [-0.05, 0) is 42.3 Å². The molecule has 0 aliphatic heterocycles. The summed E-state index contributed by atoms with van der Waals surface area (Å²) in [4.78, 5) is 24.5.